The Kier molecular flexibility index (Phi) is 5.93. The van der Waals surface area contributed by atoms with E-state index in [1.165, 1.54) is 24.3 Å². The molecule has 0 heterocycles. The van der Waals surface area contributed by atoms with Crippen LogP contribution in [-0.2, 0) is 0 Å². The molecule has 0 amide bonds. The number of rotatable bonds is 3. The van der Waals surface area contributed by atoms with Gasteiger partial charge in [-0.3, -0.25) is 0 Å². The van der Waals surface area contributed by atoms with E-state index in [0.29, 0.717) is 16.5 Å². The molecule has 1 saturated carbocycles. The summed E-state index contributed by atoms with van der Waals surface area (Å²) >= 11 is 6.15. The van der Waals surface area contributed by atoms with Crippen LogP contribution in [0.2, 0.25) is 0 Å². The first-order valence-electron chi connectivity index (χ1n) is 6.56. The van der Waals surface area contributed by atoms with Crippen molar-refractivity contribution in [2.75, 3.05) is 0 Å². The van der Waals surface area contributed by atoms with Gasteiger partial charge in [-0.1, -0.05) is 31.5 Å². The number of alkyl halides is 3. The predicted octanol–water partition coefficient (Wildman–Crippen LogP) is 5.43. The topological polar surface area (TPSA) is 66.8 Å². The maximum Gasteiger partial charge on any atom is 0.573 e. The predicted molar refractivity (Wildman–Crippen MR) is 79.5 cm³/mol. The highest BCUT2D eigenvalue weighted by molar-refractivity contribution is 6.48. The molecule has 0 aromatic heterocycles. The number of carbonyl (C=O) groups is 1. The van der Waals surface area contributed by atoms with Crippen LogP contribution < -0.4 is 4.74 Å². The second-order valence-corrected chi connectivity index (χ2v) is 6.08. The van der Waals surface area contributed by atoms with Crippen LogP contribution in [0.3, 0.4) is 0 Å². The van der Waals surface area contributed by atoms with Gasteiger partial charge in [0.2, 0.25) is 0 Å². The minimum atomic E-state index is -4.67. The van der Waals surface area contributed by atoms with Gasteiger partial charge in [0.1, 0.15) is 5.75 Å². The normalized spacial score (nSPS) is 19.4. The molecule has 2 rings (SSSR count). The van der Waals surface area contributed by atoms with Gasteiger partial charge in [-0.25, -0.2) is 4.79 Å². The Morgan fingerprint density at radius 3 is 2.09 bits per heavy atom. The van der Waals surface area contributed by atoms with Crippen molar-refractivity contribution in [2.45, 2.75) is 26.6 Å². The van der Waals surface area contributed by atoms with E-state index < -0.39 is 12.5 Å². The molecule has 0 saturated heterocycles. The van der Waals surface area contributed by atoms with E-state index in [4.69, 9.17) is 26.6 Å². The van der Waals surface area contributed by atoms with Gasteiger partial charge in [0, 0.05) is 5.03 Å². The van der Waals surface area contributed by atoms with Gasteiger partial charge < -0.3 is 14.9 Å². The van der Waals surface area contributed by atoms with E-state index in [1.54, 1.807) is 0 Å². The summed E-state index contributed by atoms with van der Waals surface area (Å²) in [7, 11) is 0. The fourth-order valence-electron chi connectivity index (χ4n) is 1.88. The summed E-state index contributed by atoms with van der Waals surface area (Å²) in [6.45, 7) is 4.30. The highest BCUT2D eigenvalue weighted by Gasteiger charge is 2.43. The fourth-order valence-corrected chi connectivity index (χ4v) is 2.16. The maximum atomic E-state index is 12.0. The molecule has 1 aromatic rings. The lowest BCUT2D eigenvalue weighted by molar-refractivity contribution is -0.274. The molecule has 1 aliphatic rings. The minimum Gasteiger partial charge on any atom is -0.450 e. The quantitative estimate of drug-likeness (QED) is 0.760. The summed E-state index contributed by atoms with van der Waals surface area (Å²) in [5, 5.41) is 14.5. The Morgan fingerprint density at radius 2 is 1.74 bits per heavy atom. The van der Waals surface area contributed by atoms with Crippen molar-refractivity contribution in [3.8, 4) is 5.75 Å². The van der Waals surface area contributed by atoms with Gasteiger partial charge in [-0.2, -0.15) is 0 Å². The van der Waals surface area contributed by atoms with E-state index in [9.17, 15) is 13.2 Å². The van der Waals surface area contributed by atoms with Crippen molar-refractivity contribution in [1.82, 2.24) is 0 Å². The van der Waals surface area contributed by atoms with Crippen LogP contribution in [0.15, 0.2) is 30.3 Å². The maximum absolute atomic E-state index is 12.0. The molecule has 2 N–H and O–H groups in total. The number of hydrogen-bond acceptors (Lipinski definition) is 2. The molecular weight excluding hydrogens is 337 g/mol. The zero-order valence-electron chi connectivity index (χ0n) is 12.4. The average Bonchev–Trinajstić information content (AvgIpc) is 2.94. The lowest BCUT2D eigenvalue weighted by atomic mass is 10.1. The van der Waals surface area contributed by atoms with E-state index in [2.05, 4.69) is 18.6 Å². The standard InChI is InChI=1S/C14H14ClF3O.CH2O3/c1-13(2)8-10(13)7-12(15)9-3-5-11(6-4-9)19-14(16,17)18;2-1(3)4/h3-7,10H,8H2,1-2H3;(H2,2,3,4). The van der Waals surface area contributed by atoms with Gasteiger partial charge in [0.15, 0.2) is 0 Å². The third-order valence-corrected chi connectivity index (χ3v) is 3.65. The summed E-state index contributed by atoms with van der Waals surface area (Å²) in [6, 6.07) is 5.57. The lowest BCUT2D eigenvalue weighted by Crippen LogP contribution is -2.16. The van der Waals surface area contributed by atoms with E-state index in [1.807, 2.05) is 6.08 Å². The zero-order valence-corrected chi connectivity index (χ0v) is 13.1. The lowest BCUT2D eigenvalue weighted by Gasteiger charge is -2.09. The molecule has 23 heavy (non-hydrogen) atoms. The Bertz CT molecular complexity index is 575. The van der Waals surface area contributed by atoms with Crippen LogP contribution in [0.5, 0.6) is 5.75 Å². The van der Waals surface area contributed by atoms with Crippen molar-refractivity contribution in [1.29, 1.82) is 0 Å². The molecule has 1 aromatic carbocycles. The van der Waals surface area contributed by atoms with Crippen molar-refractivity contribution in [3.63, 3.8) is 0 Å². The van der Waals surface area contributed by atoms with Crippen LogP contribution in [0.1, 0.15) is 25.8 Å². The van der Waals surface area contributed by atoms with Crippen LogP contribution in [0.25, 0.3) is 5.03 Å². The molecule has 1 fully saturated rings. The van der Waals surface area contributed by atoms with Gasteiger partial charge in [0.05, 0.1) is 0 Å². The van der Waals surface area contributed by atoms with E-state index >= 15 is 0 Å². The number of carboxylic acid groups (broad SMARTS) is 2. The largest absolute Gasteiger partial charge is 0.573 e. The number of benzene rings is 1. The molecule has 128 valence electrons. The molecule has 0 spiro atoms. The molecule has 4 nitrogen and oxygen atoms in total. The van der Waals surface area contributed by atoms with Gasteiger partial charge in [-0.15, -0.1) is 13.2 Å². The van der Waals surface area contributed by atoms with Gasteiger partial charge in [0.25, 0.3) is 0 Å². The van der Waals surface area contributed by atoms with Crippen LogP contribution in [-0.4, -0.2) is 22.7 Å². The first-order valence-corrected chi connectivity index (χ1v) is 6.94. The van der Waals surface area contributed by atoms with E-state index in [0.717, 1.165) is 6.42 Å². The first-order chi connectivity index (χ1) is 10.4. The summed E-state index contributed by atoms with van der Waals surface area (Å²) in [6.07, 6.45) is -3.46. The van der Waals surface area contributed by atoms with E-state index in [-0.39, 0.29) is 11.2 Å². The number of hydrogen-bond donors (Lipinski definition) is 2. The highest BCUT2D eigenvalue weighted by Crippen LogP contribution is 2.53. The van der Waals surface area contributed by atoms with Crippen molar-refractivity contribution < 1.29 is 32.9 Å². The van der Waals surface area contributed by atoms with Crippen LogP contribution in [0.4, 0.5) is 18.0 Å². The molecule has 1 unspecified atom stereocenters. The van der Waals surface area contributed by atoms with Crippen molar-refractivity contribution in [2.24, 2.45) is 11.3 Å². The van der Waals surface area contributed by atoms with Crippen molar-refractivity contribution >= 4 is 22.8 Å². The number of halogens is 4. The average molecular weight is 353 g/mol. The van der Waals surface area contributed by atoms with Gasteiger partial charge >= 0.3 is 12.5 Å². The molecule has 1 aliphatic carbocycles. The minimum absolute atomic E-state index is 0.243. The monoisotopic (exact) mass is 352 g/mol. The number of allylic oxidation sites excluding steroid dienone is 1. The smallest absolute Gasteiger partial charge is 0.450 e. The highest BCUT2D eigenvalue weighted by atomic mass is 35.5. The van der Waals surface area contributed by atoms with Crippen molar-refractivity contribution in [3.05, 3.63) is 35.9 Å². The molecule has 0 radical (unpaired) electrons. The summed E-state index contributed by atoms with van der Waals surface area (Å²) in [5.41, 5.74) is 0.971. The fraction of sp³-hybridized carbons (Fsp3) is 0.400. The first kappa shape index (κ1) is 19.2. The third kappa shape index (κ3) is 7.27. The Balaban J connectivity index is 0.000000593. The SMILES string of the molecule is CC1(C)CC1C=C(Cl)c1ccc(OC(F)(F)F)cc1.O=C(O)O. The van der Waals surface area contributed by atoms with Crippen LogP contribution in [0, 0.1) is 11.3 Å². The summed E-state index contributed by atoms with van der Waals surface area (Å²) in [5.74, 6) is 0.193. The molecule has 8 heteroatoms. The summed E-state index contributed by atoms with van der Waals surface area (Å²) < 4.78 is 39.8. The Morgan fingerprint density at radius 1 is 1.30 bits per heavy atom. The molecule has 1 atom stereocenters. The molecular formula is C15H16ClF3O4. The summed E-state index contributed by atoms with van der Waals surface area (Å²) in [4.78, 5) is 8.56. The Labute approximate surface area is 136 Å². The van der Waals surface area contributed by atoms with Gasteiger partial charge in [-0.05, 0) is 47.6 Å². The molecule has 0 bridgehead atoms. The Hall–Kier alpha value is -1.89. The molecule has 0 aliphatic heterocycles. The third-order valence-electron chi connectivity index (χ3n) is 3.30. The second kappa shape index (κ2) is 7.12. The second-order valence-electron chi connectivity index (χ2n) is 5.67. The number of ether oxygens (including phenoxy) is 1. The van der Waals surface area contributed by atoms with Crippen LogP contribution >= 0.6 is 11.6 Å². The zero-order chi connectivity index (χ0) is 17.8.